The molecule has 1 saturated carbocycles. The molecule has 6 heteroatoms. The van der Waals surface area contributed by atoms with Crippen molar-refractivity contribution in [3.63, 3.8) is 0 Å². The van der Waals surface area contributed by atoms with Crippen LogP contribution in [0.3, 0.4) is 0 Å². The molecule has 1 N–H and O–H groups in total. The van der Waals surface area contributed by atoms with Crippen LogP contribution in [0.4, 0.5) is 0 Å². The summed E-state index contributed by atoms with van der Waals surface area (Å²) in [5.41, 5.74) is 4.24. The number of hydrogen-bond acceptors (Lipinski definition) is 4. The predicted molar refractivity (Wildman–Crippen MR) is 120 cm³/mol. The maximum Gasteiger partial charge on any atom is 0.272 e. The maximum absolute atomic E-state index is 12.9. The SMILES string of the molecule is O=C(NCCN1CCC(Cc2ccccc2)CC1)c1nn(CC2CC2)c2c1COCC2. The van der Waals surface area contributed by atoms with Gasteiger partial charge in [0.15, 0.2) is 5.69 Å². The number of carbonyl (C=O) groups excluding carboxylic acids is 1. The Morgan fingerprint density at radius 2 is 1.90 bits per heavy atom. The van der Waals surface area contributed by atoms with Crippen molar-refractivity contribution in [1.82, 2.24) is 20.0 Å². The zero-order valence-corrected chi connectivity index (χ0v) is 18.4. The fourth-order valence-electron chi connectivity index (χ4n) is 4.96. The first kappa shape index (κ1) is 20.7. The molecule has 5 rings (SSSR count). The van der Waals surface area contributed by atoms with Crippen LogP contribution in [-0.4, -0.2) is 53.4 Å². The summed E-state index contributed by atoms with van der Waals surface area (Å²) in [4.78, 5) is 15.3. The lowest BCUT2D eigenvalue weighted by Gasteiger charge is -2.32. The quantitative estimate of drug-likeness (QED) is 0.710. The van der Waals surface area contributed by atoms with E-state index < -0.39 is 0 Å². The Kier molecular flexibility index (Phi) is 6.37. The van der Waals surface area contributed by atoms with Crippen LogP contribution in [0.2, 0.25) is 0 Å². The van der Waals surface area contributed by atoms with Gasteiger partial charge < -0.3 is 15.0 Å². The number of hydrogen-bond donors (Lipinski definition) is 1. The van der Waals surface area contributed by atoms with Crippen molar-refractivity contribution in [2.75, 3.05) is 32.8 Å². The summed E-state index contributed by atoms with van der Waals surface area (Å²) in [6, 6.07) is 10.8. The van der Waals surface area contributed by atoms with Gasteiger partial charge in [-0.25, -0.2) is 0 Å². The van der Waals surface area contributed by atoms with E-state index in [9.17, 15) is 4.79 Å². The van der Waals surface area contributed by atoms with Crippen molar-refractivity contribution >= 4 is 5.91 Å². The van der Waals surface area contributed by atoms with Gasteiger partial charge in [-0.2, -0.15) is 5.10 Å². The second kappa shape index (κ2) is 9.53. The molecule has 2 aliphatic heterocycles. The number of nitrogens with zero attached hydrogens (tertiary/aromatic N) is 3. The van der Waals surface area contributed by atoms with E-state index in [-0.39, 0.29) is 5.91 Å². The van der Waals surface area contributed by atoms with Gasteiger partial charge in [-0.3, -0.25) is 9.48 Å². The van der Waals surface area contributed by atoms with Crippen LogP contribution in [0.5, 0.6) is 0 Å². The van der Waals surface area contributed by atoms with E-state index in [4.69, 9.17) is 9.84 Å². The van der Waals surface area contributed by atoms with E-state index in [1.807, 2.05) is 0 Å². The first-order valence-electron chi connectivity index (χ1n) is 12.0. The number of piperidine rings is 1. The number of rotatable bonds is 8. The van der Waals surface area contributed by atoms with Crippen LogP contribution in [0.15, 0.2) is 30.3 Å². The number of likely N-dealkylation sites (tertiary alicyclic amines) is 1. The highest BCUT2D eigenvalue weighted by Crippen LogP contribution is 2.32. The molecule has 1 amide bonds. The van der Waals surface area contributed by atoms with E-state index in [1.165, 1.54) is 43.4 Å². The second-order valence-corrected chi connectivity index (χ2v) is 9.43. The minimum Gasteiger partial charge on any atom is -0.376 e. The van der Waals surface area contributed by atoms with Crippen LogP contribution >= 0.6 is 0 Å². The Balaban J connectivity index is 1.09. The largest absolute Gasteiger partial charge is 0.376 e. The summed E-state index contributed by atoms with van der Waals surface area (Å²) in [6.45, 7) is 6.01. The van der Waals surface area contributed by atoms with Crippen LogP contribution in [0, 0.1) is 11.8 Å². The number of aromatic nitrogens is 2. The average Bonchev–Trinajstić information content (AvgIpc) is 3.55. The summed E-state index contributed by atoms with van der Waals surface area (Å²) >= 11 is 0. The Labute approximate surface area is 185 Å². The smallest absolute Gasteiger partial charge is 0.272 e. The minimum atomic E-state index is -0.0461. The van der Waals surface area contributed by atoms with Gasteiger partial charge in [0.2, 0.25) is 0 Å². The lowest BCUT2D eigenvalue weighted by Crippen LogP contribution is -2.40. The van der Waals surface area contributed by atoms with Gasteiger partial charge >= 0.3 is 0 Å². The highest BCUT2D eigenvalue weighted by molar-refractivity contribution is 5.94. The molecule has 0 unspecified atom stereocenters. The summed E-state index contributed by atoms with van der Waals surface area (Å²) in [7, 11) is 0. The fourth-order valence-corrected chi connectivity index (χ4v) is 4.96. The van der Waals surface area contributed by atoms with Crippen molar-refractivity contribution in [1.29, 1.82) is 0 Å². The lowest BCUT2D eigenvalue weighted by molar-refractivity contribution is 0.0916. The lowest BCUT2D eigenvalue weighted by atomic mass is 9.90. The molecule has 3 heterocycles. The van der Waals surface area contributed by atoms with Gasteiger partial charge in [0.05, 0.1) is 13.2 Å². The first-order valence-corrected chi connectivity index (χ1v) is 12.0. The molecule has 166 valence electrons. The molecular formula is C25H34N4O2. The Bertz CT molecular complexity index is 882. The van der Waals surface area contributed by atoms with Gasteiger partial charge in [-0.05, 0) is 62.6 Å². The first-order chi connectivity index (χ1) is 15.3. The van der Waals surface area contributed by atoms with Gasteiger partial charge in [-0.15, -0.1) is 0 Å². The molecule has 0 atom stereocenters. The predicted octanol–water partition coefficient (Wildman–Crippen LogP) is 3.05. The molecule has 1 aromatic heterocycles. The Morgan fingerprint density at radius 1 is 1.10 bits per heavy atom. The van der Waals surface area contributed by atoms with Crippen molar-refractivity contribution in [3.05, 3.63) is 52.8 Å². The Hall–Kier alpha value is -2.18. The third-order valence-electron chi connectivity index (χ3n) is 7.03. The number of amides is 1. The standard InChI is InChI=1S/C25H34N4O2/c30-25(24-22-18-31-15-10-23(22)29(27-24)17-21-6-7-21)26-11-14-28-12-8-20(9-13-28)16-19-4-2-1-3-5-19/h1-5,20-21H,6-18H2,(H,26,30). The van der Waals surface area contributed by atoms with Crippen molar-refractivity contribution < 1.29 is 9.53 Å². The molecule has 6 nitrogen and oxygen atoms in total. The monoisotopic (exact) mass is 422 g/mol. The zero-order valence-electron chi connectivity index (χ0n) is 18.4. The normalized spacial score (nSPS) is 19.9. The Morgan fingerprint density at radius 3 is 2.68 bits per heavy atom. The van der Waals surface area contributed by atoms with Crippen molar-refractivity contribution in [2.24, 2.45) is 11.8 Å². The molecule has 1 aliphatic carbocycles. The highest BCUT2D eigenvalue weighted by atomic mass is 16.5. The van der Waals surface area contributed by atoms with Crippen molar-refractivity contribution in [3.8, 4) is 0 Å². The summed E-state index contributed by atoms with van der Waals surface area (Å²) in [6.07, 6.45) is 7.09. The highest BCUT2D eigenvalue weighted by Gasteiger charge is 2.29. The van der Waals surface area contributed by atoms with Gasteiger partial charge in [-0.1, -0.05) is 30.3 Å². The van der Waals surface area contributed by atoms with E-state index in [2.05, 4.69) is 45.2 Å². The minimum absolute atomic E-state index is 0.0461. The van der Waals surface area contributed by atoms with Crippen LogP contribution in [-0.2, 0) is 30.7 Å². The second-order valence-electron chi connectivity index (χ2n) is 9.43. The topological polar surface area (TPSA) is 59.4 Å². The van der Waals surface area contributed by atoms with E-state index in [1.54, 1.807) is 0 Å². The molecular weight excluding hydrogens is 388 g/mol. The molecule has 0 radical (unpaired) electrons. The molecule has 2 aromatic rings. The summed E-state index contributed by atoms with van der Waals surface area (Å²) < 4.78 is 7.72. The fraction of sp³-hybridized carbons (Fsp3) is 0.600. The molecule has 3 aliphatic rings. The number of nitrogens with one attached hydrogen (secondary N) is 1. The molecule has 2 fully saturated rings. The number of benzene rings is 1. The van der Waals surface area contributed by atoms with Gasteiger partial charge in [0.1, 0.15) is 0 Å². The maximum atomic E-state index is 12.9. The molecule has 1 saturated heterocycles. The van der Waals surface area contributed by atoms with E-state index in [0.29, 0.717) is 18.8 Å². The zero-order chi connectivity index (χ0) is 21.0. The summed E-state index contributed by atoms with van der Waals surface area (Å²) in [5.74, 6) is 1.47. The third kappa shape index (κ3) is 5.18. The van der Waals surface area contributed by atoms with Gasteiger partial charge in [0.25, 0.3) is 5.91 Å². The third-order valence-corrected chi connectivity index (χ3v) is 7.03. The molecule has 31 heavy (non-hydrogen) atoms. The number of fused-ring (bicyclic) bond motifs is 1. The summed E-state index contributed by atoms with van der Waals surface area (Å²) in [5, 5.41) is 7.82. The van der Waals surface area contributed by atoms with Gasteiger partial charge in [0, 0.05) is 37.3 Å². The number of ether oxygens (including phenoxy) is 1. The van der Waals surface area contributed by atoms with Crippen LogP contribution in [0.1, 0.15) is 53.0 Å². The molecule has 0 spiro atoms. The average molecular weight is 423 g/mol. The van der Waals surface area contributed by atoms with Crippen molar-refractivity contribution in [2.45, 2.75) is 51.7 Å². The number of carbonyl (C=O) groups is 1. The van der Waals surface area contributed by atoms with E-state index in [0.717, 1.165) is 56.6 Å². The van der Waals surface area contributed by atoms with Crippen LogP contribution < -0.4 is 5.32 Å². The van der Waals surface area contributed by atoms with E-state index >= 15 is 0 Å². The molecule has 0 bridgehead atoms. The van der Waals surface area contributed by atoms with Crippen LogP contribution in [0.25, 0.3) is 0 Å². The molecule has 1 aromatic carbocycles.